The molecule has 0 aliphatic rings. The summed E-state index contributed by atoms with van der Waals surface area (Å²) in [5, 5.41) is 9.30. The van der Waals surface area contributed by atoms with Crippen LogP contribution in [0.5, 0.6) is 5.75 Å². The molecule has 0 unspecified atom stereocenters. The van der Waals surface area contributed by atoms with E-state index in [4.69, 9.17) is 21.4 Å². The summed E-state index contributed by atoms with van der Waals surface area (Å²) in [4.78, 5) is 27.0. The molecule has 0 saturated carbocycles. The molecule has 118 valence electrons. The Morgan fingerprint density at radius 2 is 2.09 bits per heavy atom. The molecule has 2 rings (SSSR count). The van der Waals surface area contributed by atoms with Crippen molar-refractivity contribution in [3.63, 3.8) is 0 Å². The first-order valence-electron chi connectivity index (χ1n) is 6.72. The van der Waals surface area contributed by atoms with Crippen molar-refractivity contribution in [2.24, 2.45) is 0 Å². The van der Waals surface area contributed by atoms with E-state index in [9.17, 15) is 9.59 Å². The van der Waals surface area contributed by atoms with Crippen molar-refractivity contribution in [1.29, 1.82) is 0 Å². The highest BCUT2D eigenvalue weighted by molar-refractivity contribution is 6.29. The number of pyridine rings is 1. The van der Waals surface area contributed by atoms with Crippen molar-refractivity contribution >= 4 is 29.4 Å². The second kappa shape index (κ2) is 7.56. The van der Waals surface area contributed by atoms with Crippen molar-refractivity contribution < 1.29 is 19.4 Å². The van der Waals surface area contributed by atoms with Crippen LogP contribution in [0.15, 0.2) is 42.6 Å². The Morgan fingerprint density at radius 1 is 1.30 bits per heavy atom. The molecule has 1 heterocycles. The van der Waals surface area contributed by atoms with E-state index in [1.807, 2.05) is 0 Å². The maximum Gasteiger partial charge on any atom is 0.307 e. The fraction of sp³-hybridized carbons (Fsp3) is 0.118. The Kier molecular flexibility index (Phi) is 5.49. The minimum atomic E-state index is -0.990. The van der Waals surface area contributed by atoms with Gasteiger partial charge >= 0.3 is 5.97 Å². The molecular weight excluding hydrogens is 318 g/mol. The molecule has 1 N–H and O–H groups in total. The number of carbonyl (C=O) groups is 2. The number of halogens is 1. The third-order valence-corrected chi connectivity index (χ3v) is 3.31. The molecule has 0 amide bonds. The first-order valence-corrected chi connectivity index (χ1v) is 7.10. The normalized spacial score (nSPS) is 10.7. The van der Waals surface area contributed by atoms with E-state index < -0.39 is 5.97 Å². The molecule has 0 bridgehead atoms. The van der Waals surface area contributed by atoms with Crippen LogP contribution in [0.1, 0.15) is 21.5 Å². The maximum atomic E-state index is 12.2. The standard InChI is InChI=1S/C17H14ClNO4/c1-23-15-6-4-12(8-13(15)9-17(21)22)14(20)5-2-11-3-7-16(18)19-10-11/h2-8,10H,9H2,1H3,(H,21,22). The minimum Gasteiger partial charge on any atom is -0.496 e. The van der Waals surface area contributed by atoms with Gasteiger partial charge in [-0.2, -0.15) is 0 Å². The number of allylic oxidation sites excluding steroid dienone is 1. The molecule has 1 aromatic heterocycles. The Morgan fingerprint density at radius 3 is 2.70 bits per heavy atom. The molecular formula is C17H14ClNO4. The number of carbonyl (C=O) groups excluding carboxylic acids is 1. The number of ketones is 1. The Labute approximate surface area is 138 Å². The molecule has 0 spiro atoms. The van der Waals surface area contributed by atoms with Crippen LogP contribution in [0, 0.1) is 0 Å². The lowest BCUT2D eigenvalue weighted by molar-refractivity contribution is -0.136. The van der Waals surface area contributed by atoms with Gasteiger partial charge in [0.1, 0.15) is 10.9 Å². The molecule has 0 fully saturated rings. The van der Waals surface area contributed by atoms with E-state index in [-0.39, 0.29) is 12.2 Å². The second-order valence-corrected chi connectivity index (χ2v) is 5.10. The van der Waals surface area contributed by atoms with Gasteiger partial charge in [0.2, 0.25) is 0 Å². The first-order chi connectivity index (χ1) is 11.0. The summed E-state index contributed by atoms with van der Waals surface area (Å²) in [6, 6.07) is 8.08. The number of aliphatic carboxylic acids is 1. The van der Waals surface area contributed by atoms with E-state index in [0.717, 1.165) is 5.56 Å². The first kappa shape index (κ1) is 16.7. The predicted octanol–water partition coefficient (Wildman–Crippen LogP) is 3.27. The third kappa shape index (κ3) is 4.66. The van der Waals surface area contributed by atoms with E-state index >= 15 is 0 Å². The van der Waals surface area contributed by atoms with Crippen LogP contribution < -0.4 is 4.74 Å². The van der Waals surface area contributed by atoms with Gasteiger partial charge in [0.05, 0.1) is 13.5 Å². The zero-order valence-electron chi connectivity index (χ0n) is 12.3. The van der Waals surface area contributed by atoms with Crippen LogP contribution in [-0.4, -0.2) is 29.0 Å². The highest BCUT2D eigenvalue weighted by Crippen LogP contribution is 2.21. The van der Waals surface area contributed by atoms with Crippen LogP contribution in [0.2, 0.25) is 5.15 Å². The SMILES string of the molecule is COc1ccc(C(=O)C=Cc2ccc(Cl)nc2)cc1CC(=O)O. The molecule has 1 aromatic carbocycles. The van der Waals surface area contributed by atoms with Crippen molar-refractivity contribution in [2.45, 2.75) is 6.42 Å². The molecule has 6 heteroatoms. The summed E-state index contributed by atoms with van der Waals surface area (Å²) < 4.78 is 5.11. The van der Waals surface area contributed by atoms with Crippen molar-refractivity contribution in [1.82, 2.24) is 4.98 Å². The Hall–Kier alpha value is -2.66. The van der Waals surface area contributed by atoms with E-state index in [0.29, 0.717) is 22.0 Å². The van der Waals surface area contributed by atoms with Gasteiger partial charge in [0, 0.05) is 17.3 Å². The van der Waals surface area contributed by atoms with Gasteiger partial charge in [0.25, 0.3) is 0 Å². The molecule has 0 aliphatic carbocycles. The summed E-state index contributed by atoms with van der Waals surface area (Å²) in [6.45, 7) is 0. The Bertz CT molecular complexity index is 754. The number of nitrogens with zero attached hydrogens (tertiary/aromatic N) is 1. The number of carboxylic acids is 1. The third-order valence-electron chi connectivity index (χ3n) is 3.08. The largest absolute Gasteiger partial charge is 0.496 e. The van der Waals surface area contributed by atoms with Crippen LogP contribution in [0.3, 0.4) is 0 Å². The van der Waals surface area contributed by atoms with Gasteiger partial charge in [-0.25, -0.2) is 4.98 Å². The van der Waals surface area contributed by atoms with Gasteiger partial charge in [-0.1, -0.05) is 17.7 Å². The van der Waals surface area contributed by atoms with E-state index in [1.165, 1.54) is 19.3 Å². The van der Waals surface area contributed by atoms with Gasteiger partial charge in [-0.05, 0) is 42.0 Å². The van der Waals surface area contributed by atoms with Gasteiger partial charge in [-0.3, -0.25) is 9.59 Å². The minimum absolute atomic E-state index is 0.213. The predicted molar refractivity (Wildman–Crippen MR) is 86.9 cm³/mol. The lowest BCUT2D eigenvalue weighted by Crippen LogP contribution is -2.04. The summed E-state index contributed by atoms with van der Waals surface area (Å²) >= 11 is 5.70. The van der Waals surface area contributed by atoms with Crippen LogP contribution in [0.4, 0.5) is 0 Å². The summed E-state index contributed by atoms with van der Waals surface area (Å²) in [7, 11) is 1.45. The number of ether oxygens (including phenoxy) is 1. The van der Waals surface area contributed by atoms with Gasteiger partial charge in [-0.15, -0.1) is 0 Å². The number of aromatic nitrogens is 1. The fourth-order valence-corrected chi connectivity index (χ4v) is 2.10. The van der Waals surface area contributed by atoms with Crippen molar-refractivity contribution in [2.75, 3.05) is 7.11 Å². The zero-order valence-corrected chi connectivity index (χ0v) is 13.1. The van der Waals surface area contributed by atoms with Crippen LogP contribution >= 0.6 is 11.6 Å². The van der Waals surface area contributed by atoms with Crippen molar-refractivity contribution in [3.8, 4) is 5.75 Å². The van der Waals surface area contributed by atoms with E-state index in [1.54, 1.807) is 36.5 Å². The average molecular weight is 332 g/mol. The number of hydrogen-bond donors (Lipinski definition) is 1. The maximum absolute atomic E-state index is 12.2. The Balaban J connectivity index is 2.21. The monoisotopic (exact) mass is 331 g/mol. The lowest BCUT2D eigenvalue weighted by Gasteiger charge is -2.07. The van der Waals surface area contributed by atoms with Crippen LogP contribution in [-0.2, 0) is 11.2 Å². The molecule has 2 aromatic rings. The quantitative estimate of drug-likeness (QED) is 0.499. The zero-order chi connectivity index (χ0) is 16.8. The summed E-state index contributed by atoms with van der Waals surface area (Å²) in [5.74, 6) is -0.792. The van der Waals surface area contributed by atoms with Gasteiger partial charge < -0.3 is 9.84 Å². The lowest BCUT2D eigenvalue weighted by atomic mass is 10.0. The van der Waals surface area contributed by atoms with E-state index in [2.05, 4.69) is 4.98 Å². The smallest absolute Gasteiger partial charge is 0.307 e. The van der Waals surface area contributed by atoms with Crippen molar-refractivity contribution in [3.05, 3.63) is 64.4 Å². The number of hydrogen-bond acceptors (Lipinski definition) is 4. The molecule has 0 aliphatic heterocycles. The number of rotatable bonds is 6. The highest BCUT2D eigenvalue weighted by atomic mass is 35.5. The molecule has 0 radical (unpaired) electrons. The fourth-order valence-electron chi connectivity index (χ4n) is 1.99. The number of benzene rings is 1. The molecule has 5 nitrogen and oxygen atoms in total. The van der Waals surface area contributed by atoms with Crippen LogP contribution in [0.25, 0.3) is 6.08 Å². The topological polar surface area (TPSA) is 76.5 Å². The highest BCUT2D eigenvalue weighted by Gasteiger charge is 2.11. The number of carboxylic acid groups (broad SMARTS) is 1. The molecule has 0 saturated heterocycles. The summed E-state index contributed by atoms with van der Waals surface area (Å²) in [5.41, 5.74) is 1.58. The van der Waals surface area contributed by atoms with Gasteiger partial charge in [0.15, 0.2) is 5.78 Å². The number of methoxy groups -OCH3 is 1. The molecule has 23 heavy (non-hydrogen) atoms. The average Bonchev–Trinajstić information content (AvgIpc) is 2.53. The molecule has 0 atom stereocenters. The second-order valence-electron chi connectivity index (χ2n) is 4.71. The summed E-state index contributed by atoms with van der Waals surface area (Å²) in [6.07, 6.45) is 4.36.